The zero-order valence-corrected chi connectivity index (χ0v) is 31.2. The number of phenolic OH excluding ortho intramolecular Hbond substituents is 2. The molecule has 7 aromatic rings. The fourth-order valence-electron chi connectivity index (χ4n) is 7.94. The number of aromatic amines is 1. The number of rotatable bonds is 16. The second kappa shape index (κ2) is 17.0. The number of aromatic hydroxyl groups is 2. The molecular weight excluding hydrogens is 687 g/mol. The van der Waals surface area contributed by atoms with E-state index in [2.05, 4.69) is 59.6 Å². The van der Waals surface area contributed by atoms with Gasteiger partial charge in [0.2, 0.25) is 0 Å². The summed E-state index contributed by atoms with van der Waals surface area (Å²) in [5.41, 5.74) is 5.83. The highest BCUT2D eigenvalue weighted by Crippen LogP contribution is 2.38. The van der Waals surface area contributed by atoms with Gasteiger partial charge in [0, 0.05) is 36.7 Å². The Morgan fingerprint density at radius 1 is 0.655 bits per heavy atom. The normalized spacial score (nSPS) is 13.1. The Balaban J connectivity index is 1.19. The Kier molecular flexibility index (Phi) is 11.5. The monoisotopic (exact) mass is 733 g/mol. The lowest BCUT2D eigenvalue weighted by molar-refractivity contribution is -0.125. The number of hydrogen-bond acceptors (Lipinski definition) is 6. The molecule has 0 spiro atoms. The summed E-state index contributed by atoms with van der Waals surface area (Å²) in [5.74, 6) is 0.0648. The van der Waals surface area contributed by atoms with Gasteiger partial charge in [-0.2, -0.15) is 0 Å². The summed E-state index contributed by atoms with van der Waals surface area (Å²) in [6, 6.07) is 39.7. The van der Waals surface area contributed by atoms with Gasteiger partial charge in [0.25, 0.3) is 0 Å². The molecule has 0 aliphatic heterocycles. The van der Waals surface area contributed by atoms with Crippen molar-refractivity contribution in [3.05, 3.63) is 167 Å². The van der Waals surface area contributed by atoms with Crippen LogP contribution in [0, 0.1) is 11.8 Å². The van der Waals surface area contributed by atoms with Gasteiger partial charge in [0.1, 0.15) is 5.78 Å². The van der Waals surface area contributed by atoms with Crippen LogP contribution in [0.2, 0.25) is 0 Å². The van der Waals surface area contributed by atoms with E-state index in [9.17, 15) is 20.1 Å². The van der Waals surface area contributed by atoms with Gasteiger partial charge >= 0.3 is 0 Å². The topological polar surface area (TPSA) is 112 Å². The van der Waals surface area contributed by atoms with Gasteiger partial charge < -0.3 is 29.8 Å². The standard InChI is InChI=1S/C48H47NO6/c1-54-47-26-32(15-18-43(47)50)24-39(23-31-14-16-34-8-3-4-10-36(34)22-31)45(52)29-46(53)40(25-33-20-21-49-30-33)27-38-17-19-44(51)48(55-2)42(38)28-37-12-7-11-35-9-5-6-13-41(35)37/h3-22,26,30,39-40,46,49-51,53H,23-25,27-29H2,1-2H3. The smallest absolute Gasteiger partial charge is 0.164 e. The Morgan fingerprint density at radius 2 is 1.36 bits per heavy atom. The fraction of sp³-hybridized carbons (Fsp3) is 0.229. The van der Waals surface area contributed by atoms with E-state index in [4.69, 9.17) is 9.47 Å². The van der Waals surface area contributed by atoms with Crippen molar-refractivity contribution in [3.63, 3.8) is 0 Å². The van der Waals surface area contributed by atoms with Crippen LogP contribution in [0.4, 0.5) is 0 Å². The number of fused-ring (bicyclic) bond motifs is 2. The minimum atomic E-state index is -0.957. The maximum atomic E-state index is 14.5. The van der Waals surface area contributed by atoms with Gasteiger partial charge in [0.15, 0.2) is 23.0 Å². The summed E-state index contributed by atoms with van der Waals surface area (Å²) in [4.78, 5) is 17.6. The molecule has 3 atom stereocenters. The SMILES string of the molecule is COc1cc(CC(Cc2ccc3ccccc3c2)C(=O)CC(O)C(Cc2cc[nH]c2)Cc2ccc(O)c(OC)c2Cc2cccc3ccccc23)ccc1O. The molecule has 7 heteroatoms. The number of carbonyl (C=O) groups is 1. The van der Waals surface area contributed by atoms with Gasteiger partial charge in [-0.15, -0.1) is 0 Å². The van der Waals surface area contributed by atoms with E-state index in [1.807, 2.05) is 60.9 Å². The minimum Gasteiger partial charge on any atom is -0.504 e. The summed E-state index contributed by atoms with van der Waals surface area (Å²) < 4.78 is 11.2. The highest BCUT2D eigenvalue weighted by molar-refractivity contribution is 5.86. The van der Waals surface area contributed by atoms with Crippen molar-refractivity contribution in [2.24, 2.45) is 11.8 Å². The van der Waals surface area contributed by atoms with E-state index in [1.54, 1.807) is 25.3 Å². The first-order chi connectivity index (χ1) is 26.8. The van der Waals surface area contributed by atoms with E-state index in [-0.39, 0.29) is 29.6 Å². The number of phenols is 2. The van der Waals surface area contributed by atoms with E-state index < -0.39 is 12.0 Å². The Morgan fingerprint density at radius 3 is 2.13 bits per heavy atom. The molecule has 6 aromatic carbocycles. The number of nitrogens with one attached hydrogen (secondary N) is 1. The number of carbonyl (C=O) groups excluding carboxylic acids is 1. The lowest BCUT2D eigenvalue weighted by Crippen LogP contribution is -2.31. The van der Waals surface area contributed by atoms with Gasteiger partial charge in [-0.05, 0) is 105 Å². The van der Waals surface area contributed by atoms with Crippen LogP contribution < -0.4 is 9.47 Å². The highest BCUT2D eigenvalue weighted by atomic mass is 16.5. The van der Waals surface area contributed by atoms with Crippen molar-refractivity contribution in [1.29, 1.82) is 0 Å². The van der Waals surface area contributed by atoms with Crippen molar-refractivity contribution in [2.45, 2.75) is 44.6 Å². The third-order valence-electron chi connectivity index (χ3n) is 10.9. The van der Waals surface area contributed by atoms with Crippen molar-refractivity contribution in [1.82, 2.24) is 4.98 Å². The van der Waals surface area contributed by atoms with Gasteiger partial charge in [0.05, 0.1) is 20.3 Å². The van der Waals surface area contributed by atoms with Crippen LogP contribution in [-0.2, 0) is 36.9 Å². The van der Waals surface area contributed by atoms with Crippen LogP contribution in [-0.4, -0.2) is 46.4 Å². The van der Waals surface area contributed by atoms with E-state index in [0.717, 1.165) is 54.9 Å². The molecule has 4 N–H and O–H groups in total. The molecular formula is C48H47NO6. The molecule has 7 nitrogen and oxygen atoms in total. The van der Waals surface area contributed by atoms with Crippen molar-refractivity contribution in [3.8, 4) is 23.0 Å². The lowest BCUT2D eigenvalue weighted by Gasteiger charge is -2.26. The molecule has 0 aliphatic carbocycles. The zero-order chi connectivity index (χ0) is 38.3. The molecule has 0 saturated carbocycles. The van der Waals surface area contributed by atoms with Crippen LogP contribution in [0.25, 0.3) is 21.5 Å². The molecule has 0 aliphatic rings. The predicted molar refractivity (Wildman–Crippen MR) is 218 cm³/mol. The first-order valence-electron chi connectivity index (χ1n) is 18.8. The van der Waals surface area contributed by atoms with Crippen LogP contribution in [0.15, 0.2) is 134 Å². The number of H-pyrrole nitrogens is 1. The Labute approximate surface area is 321 Å². The van der Waals surface area contributed by atoms with Crippen LogP contribution in [0.5, 0.6) is 23.0 Å². The molecule has 0 fully saturated rings. The number of Topliss-reactive ketones (excluding diaryl/α,β-unsaturated/α-hetero) is 1. The van der Waals surface area contributed by atoms with Crippen molar-refractivity contribution >= 4 is 27.3 Å². The maximum absolute atomic E-state index is 14.5. The summed E-state index contributed by atoms with van der Waals surface area (Å²) >= 11 is 0. The van der Waals surface area contributed by atoms with Crippen LogP contribution in [0.1, 0.15) is 39.8 Å². The molecule has 0 radical (unpaired) electrons. The average Bonchev–Trinajstić information content (AvgIpc) is 3.72. The quantitative estimate of drug-likeness (QED) is 0.0789. The van der Waals surface area contributed by atoms with Gasteiger partial charge in [-0.25, -0.2) is 0 Å². The number of aromatic nitrogens is 1. The number of ketones is 1. The van der Waals surface area contributed by atoms with E-state index in [1.165, 1.54) is 7.11 Å². The van der Waals surface area contributed by atoms with Crippen LogP contribution >= 0.6 is 0 Å². The first-order valence-corrected chi connectivity index (χ1v) is 18.8. The highest BCUT2D eigenvalue weighted by Gasteiger charge is 2.29. The zero-order valence-electron chi connectivity index (χ0n) is 31.2. The molecule has 3 unspecified atom stereocenters. The minimum absolute atomic E-state index is 0.0313. The maximum Gasteiger partial charge on any atom is 0.164 e. The Bertz CT molecular complexity index is 2400. The first kappa shape index (κ1) is 37.3. The Hall–Kier alpha value is -6.05. The lowest BCUT2D eigenvalue weighted by atomic mass is 9.81. The second-order valence-electron chi connectivity index (χ2n) is 14.5. The summed E-state index contributed by atoms with van der Waals surface area (Å²) in [6.07, 6.45) is 5.23. The summed E-state index contributed by atoms with van der Waals surface area (Å²) in [6.45, 7) is 0. The van der Waals surface area contributed by atoms with E-state index in [0.29, 0.717) is 43.6 Å². The molecule has 0 bridgehead atoms. The third-order valence-corrected chi connectivity index (χ3v) is 10.9. The molecule has 1 heterocycles. The molecule has 0 amide bonds. The van der Waals surface area contributed by atoms with Gasteiger partial charge in [-0.1, -0.05) is 97.1 Å². The van der Waals surface area contributed by atoms with Gasteiger partial charge in [-0.3, -0.25) is 4.79 Å². The number of ether oxygens (including phenoxy) is 2. The summed E-state index contributed by atoms with van der Waals surface area (Å²) in [7, 11) is 3.07. The molecule has 7 rings (SSSR count). The number of aliphatic hydroxyl groups excluding tert-OH is 1. The molecule has 55 heavy (non-hydrogen) atoms. The number of aliphatic hydroxyl groups is 1. The number of benzene rings is 6. The summed E-state index contributed by atoms with van der Waals surface area (Å²) in [5, 5.41) is 37.8. The third kappa shape index (κ3) is 8.69. The molecule has 1 aromatic heterocycles. The predicted octanol–water partition coefficient (Wildman–Crippen LogP) is 9.16. The number of methoxy groups -OCH3 is 2. The fourth-order valence-corrected chi connectivity index (χ4v) is 7.94. The largest absolute Gasteiger partial charge is 0.504 e. The van der Waals surface area contributed by atoms with Crippen molar-refractivity contribution in [2.75, 3.05) is 14.2 Å². The van der Waals surface area contributed by atoms with Crippen LogP contribution in [0.3, 0.4) is 0 Å². The molecule has 0 saturated heterocycles. The van der Waals surface area contributed by atoms with Crippen molar-refractivity contribution < 1.29 is 29.6 Å². The second-order valence-corrected chi connectivity index (χ2v) is 14.5. The van der Waals surface area contributed by atoms with E-state index >= 15 is 0 Å². The number of hydrogen-bond donors (Lipinski definition) is 4. The average molecular weight is 734 g/mol. The molecule has 280 valence electrons.